The first-order valence-electron chi connectivity index (χ1n) is 6.46. The molecule has 1 atom stereocenters. The first kappa shape index (κ1) is 15.3. The molecule has 0 aliphatic carbocycles. The second-order valence-electron chi connectivity index (χ2n) is 4.56. The summed E-state index contributed by atoms with van der Waals surface area (Å²) in [5, 5.41) is 6.96. The lowest BCUT2D eigenvalue weighted by atomic mass is 10.2. The van der Waals surface area contributed by atoms with Crippen LogP contribution >= 0.6 is 15.9 Å². The highest BCUT2D eigenvalue weighted by atomic mass is 79.9. The van der Waals surface area contributed by atoms with Gasteiger partial charge in [0.1, 0.15) is 17.6 Å². The van der Waals surface area contributed by atoms with Gasteiger partial charge >= 0.3 is 0 Å². The summed E-state index contributed by atoms with van der Waals surface area (Å²) in [6.45, 7) is 3.62. The number of carbonyl (C=O) groups excluding carboxylic acids is 1. The first-order chi connectivity index (χ1) is 10.0. The average molecular weight is 350 g/mol. The van der Waals surface area contributed by atoms with E-state index >= 15 is 0 Å². The second kappa shape index (κ2) is 7.08. The van der Waals surface area contributed by atoms with Crippen molar-refractivity contribution in [3.63, 3.8) is 0 Å². The van der Waals surface area contributed by atoms with Crippen molar-refractivity contribution >= 4 is 33.7 Å². The van der Waals surface area contributed by atoms with Crippen LogP contribution < -0.4 is 10.7 Å². The molecule has 0 fully saturated rings. The van der Waals surface area contributed by atoms with Gasteiger partial charge in [-0.2, -0.15) is 5.10 Å². The second-order valence-corrected chi connectivity index (χ2v) is 5.47. The van der Waals surface area contributed by atoms with Crippen molar-refractivity contribution in [2.24, 2.45) is 5.10 Å². The summed E-state index contributed by atoms with van der Waals surface area (Å²) >= 11 is 3.36. The van der Waals surface area contributed by atoms with Gasteiger partial charge in [-0.15, -0.1) is 0 Å². The minimum Gasteiger partial charge on any atom is -0.460 e. The van der Waals surface area contributed by atoms with Gasteiger partial charge in [0.05, 0.1) is 6.21 Å². The highest BCUT2D eigenvalue weighted by molar-refractivity contribution is 9.10. The quantitative estimate of drug-likeness (QED) is 0.642. The summed E-state index contributed by atoms with van der Waals surface area (Å²) < 4.78 is 6.30. The Morgan fingerprint density at radius 2 is 2.00 bits per heavy atom. The molecule has 0 radical (unpaired) electrons. The van der Waals surface area contributed by atoms with Gasteiger partial charge in [-0.1, -0.05) is 15.9 Å². The number of hydrogen-bond acceptors (Lipinski definition) is 4. The highest BCUT2D eigenvalue weighted by Gasteiger charge is 2.11. The number of nitrogens with one attached hydrogen (secondary N) is 2. The van der Waals surface area contributed by atoms with E-state index in [1.807, 2.05) is 37.3 Å². The van der Waals surface area contributed by atoms with Crippen LogP contribution in [0.4, 0.5) is 5.69 Å². The molecule has 0 unspecified atom stereocenters. The molecule has 6 heteroatoms. The molecule has 2 N–H and O–H groups in total. The van der Waals surface area contributed by atoms with Crippen LogP contribution in [0, 0.1) is 6.92 Å². The van der Waals surface area contributed by atoms with Crippen molar-refractivity contribution in [2.75, 3.05) is 5.32 Å². The van der Waals surface area contributed by atoms with Gasteiger partial charge in [-0.05, 0) is 50.2 Å². The maximum Gasteiger partial charge on any atom is 0.262 e. The Balaban J connectivity index is 1.85. The molecule has 0 saturated carbocycles. The number of aryl methyl sites for hydroxylation is 1. The molecular formula is C15H16BrN3O2. The third-order valence-corrected chi connectivity index (χ3v) is 3.28. The smallest absolute Gasteiger partial charge is 0.262 e. The molecule has 5 nitrogen and oxygen atoms in total. The molecule has 2 aromatic rings. The van der Waals surface area contributed by atoms with Crippen molar-refractivity contribution in [2.45, 2.75) is 19.9 Å². The van der Waals surface area contributed by atoms with Crippen LogP contribution in [0.25, 0.3) is 0 Å². The summed E-state index contributed by atoms with van der Waals surface area (Å²) in [4.78, 5) is 11.9. The van der Waals surface area contributed by atoms with Crippen LogP contribution in [-0.2, 0) is 4.79 Å². The molecule has 0 spiro atoms. The van der Waals surface area contributed by atoms with Gasteiger partial charge in [-0.3, -0.25) is 4.79 Å². The number of benzene rings is 1. The van der Waals surface area contributed by atoms with Gasteiger partial charge in [0, 0.05) is 10.2 Å². The minimum absolute atomic E-state index is 0.225. The Bertz CT molecular complexity index is 635. The van der Waals surface area contributed by atoms with Gasteiger partial charge in [-0.25, -0.2) is 5.43 Å². The minimum atomic E-state index is -0.401. The first-order valence-corrected chi connectivity index (χ1v) is 7.25. The predicted octanol–water partition coefficient (Wildman–Crippen LogP) is 3.30. The molecule has 2 rings (SSSR count). The number of halogens is 1. The zero-order valence-electron chi connectivity index (χ0n) is 11.8. The van der Waals surface area contributed by atoms with Crippen LogP contribution in [-0.4, -0.2) is 18.2 Å². The summed E-state index contributed by atoms with van der Waals surface area (Å²) in [6.07, 6.45) is 1.47. The highest BCUT2D eigenvalue weighted by Crippen LogP contribution is 2.14. The molecule has 0 aliphatic rings. The molecule has 1 amide bonds. The SMILES string of the molecule is Cc1ccc(/C=N\NC(=O)[C@@H](C)Nc2ccc(Br)cc2)o1. The third-order valence-electron chi connectivity index (χ3n) is 2.75. The average Bonchev–Trinajstić information content (AvgIpc) is 2.87. The summed E-state index contributed by atoms with van der Waals surface area (Å²) in [7, 11) is 0. The Labute approximate surface area is 131 Å². The molecule has 1 aromatic carbocycles. The van der Waals surface area contributed by atoms with Crippen LogP contribution in [0.5, 0.6) is 0 Å². The van der Waals surface area contributed by atoms with Crippen LogP contribution in [0.2, 0.25) is 0 Å². The van der Waals surface area contributed by atoms with Crippen molar-refractivity contribution in [3.05, 3.63) is 52.4 Å². The van der Waals surface area contributed by atoms with Gasteiger partial charge in [0.2, 0.25) is 0 Å². The number of hydrazone groups is 1. The maximum absolute atomic E-state index is 11.9. The standard InChI is InChI=1S/C15H16BrN3O2/c1-10-3-8-14(21-10)9-17-19-15(20)11(2)18-13-6-4-12(16)5-7-13/h3-9,11,18H,1-2H3,(H,19,20)/b17-9-/t11-/m1/s1. The lowest BCUT2D eigenvalue weighted by molar-refractivity contribution is -0.121. The van der Waals surface area contributed by atoms with E-state index in [1.54, 1.807) is 13.0 Å². The fourth-order valence-corrected chi connectivity index (χ4v) is 1.91. The van der Waals surface area contributed by atoms with E-state index in [2.05, 4.69) is 31.8 Å². The zero-order valence-corrected chi connectivity index (χ0v) is 13.3. The zero-order chi connectivity index (χ0) is 15.2. The normalized spacial score (nSPS) is 12.3. The van der Waals surface area contributed by atoms with E-state index in [-0.39, 0.29) is 5.91 Å². The van der Waals surface area contributed by atoms with Gasteiger partial charge < -0.3 is 9.73 Å². The number of rotatable bonds is 5. The van der Waals surface area contributed by atoms with Crippen molar-refractivity contribution < 1.29 is 9.21 Å². The summed E-state index contributed by atoms with van der Waals surface area (Å²) in [5.74, 6) is 1.17. The lowest BCUT2D eigenvalue weighted by Gasteiger charge is -2.13. The molecule has 0 bridgehead atoms. The fraction of sp³-hybridized carbons (Fsp3) is 0.200. The Morgan fingerprint density at radius 3 is 2.62 bits per heavy atom. The number of anilines is 1. The Morgan fingerprint density at radius 1 is 1.29 bits per heavy atom. The number of amides is 1. The maximum atomic E-state index is 11.9. The van der Waals surface area contributed by atoms with Crippen molar-refractivity contribution in [1.82, 2.24) is 5.43 Å². The number of nitrogens with zero attached hydrogens (tertiary/aromatic N) is 1. The lowest BCUT2D eigenvalue weighted by Crippen LogP contribution is -2.34. The van der Waals surface area contributed by atoms with E-state index < -0.39 is 6.04 Å². The van der Waals surface area contributed by atoms with E-state index in [9.17, 15) is 4.79 Å². The molecule has 21 heavy (non-hydrogen) atoms. The predicted molar refractivity (Wildman–Crippen MR) is 86.4 cm³/mol. The van der Waals surface area contributed by atoms with Crippen molar-refractivity contribution in [3.8, 4) is 0 Å². The van der Waals surface area contributed by atoms with Crippen LogP contribution in [0.3, 0.4) is 0 Å². The summed E-state index contributed by atoms with van der Waals surface area (Å²) in [5.41, 5.74) is 3.34. The van der Waals surface area contributed by atoms with Gasteiger partial charge in [0.25, 0.3) is 5.91 Å². The fourth-order valence-electron chi connectivity index (χ4n) is 1.64. The van der Waals surface area contributed by atoms with Crippen LogP contribution in [0.1, 0.15) is 18.4 Å². The van der Waals surface area contributed by atoms with Gasteiger partial charge in [0.15, 0.2) is 0 Å². The molecule has 110 valence electrons. The molecule has 1 heterocycles. The Kier molecular flexibility index (Phi) is 5.16. The summed E-state index contributed by atoms with van der Waals surface area (Å²) in [6, 6.07) is 10.8. The van der Waals surface area contributed by atoms with Crippen LogP contribution in [0.15, 0.2) is 50.4 Å². The number of furan rings is 1. The third kappa shape index (κ3) is 4.75. The molecule has 1 aromatic heterocycles. The van der Waals surface area contributed by atoms with E-state index in [0.29, 0.717) is 5.76 Å². The monoisotopic (exact) mass is 349 g/mol. The molecular weight excluding hydrogens is 334 g/mol. The molecule has 0 aliphatic heterocycles. The van der Waals surface area contributed by atoms with Crippen molar-refractivity contribution in [1.29, 1.82) is 0 Å². The topological polar surface area (TPSA) is 66.6 Å². The van der Waals surface area contributed by atoms with E-state index in [4.69, 9.17) is 4.42 Å². The number of hydrogen-bond donors (Lipinski definition) is 2. The Hall–Kier alpha value is -2.08. The molecule has 0 saturated heterocycles. The number of carbonyl (C=O) groups is 1. The van der Waals surface area contributed by atoms with E-state index in [1.165, 1.54) is 6.21 Å². The van der Waals surface area contributed by atoms with E-state index in [0.717, 1.165) is 15.9 Å². The largest absolute Gasteiger partial charge is 0.460 e.